The fourth-order valence-corrected chi connectivity index (χ4v) is 2.60. The van der Waals surface area contributed by atoms with E-state index in [9.17, 15) is 5.11 Å². The number of nitrogens with zero attached hydrogens (tertiary/aromatic N) is 1. The molecule has 1 aromatic rings. The highest BCUT2D eigenvalue weighted by Crippen LogP contribution is 2.14. The Labute approximate surface area is 122 Å². The van der Waals surface area contributed by atoms with Crippen molar-refractivity contribution in [3.8, 4) is 5.75 Å². The highest BCUT2D eigenvalue weighted by Gasteiger charge is 2.09. The Bertz CT molecular complexity index is 369. The second kappa shape index (κ2) is 8.28. The molecular formula is C17H27NO2. The number of hydrogen-bond acceptors (Lipinski definition) is 3. The van der Waals surface area contributed by atoms with Crippen LogP contribution in [0.4, 0.5) is 0 Å². The summed E-state index contributed by atoms with van der Waals surface area (Å²) in [5.74, 6) is 0.947. The first kappa shape index (κ1) is 15.3. The third-order valence-corrected chi connectivity index (χ3v) is 3.90. The highest BCUT2D eigenvalue weighted by atomic mass is 16.5. The summed E-state index contributed by atoms with van der Waals surface area (Å²) < 4.78 is 5.80. The predicted molar refractivity (Wildman–Crippen MR) is 82.2 cm³/mol. The molecule has 1 fully saturated rings. The van der Waals surface area contributed by atoms with E-state index in [0.29, 0.717) is 0 Å². The number of aryl methyl sites for hydroxylation is 1. The van der Waals surface area contributed by atoms with Crippen LogP contribution in [0.3, 0.4) is 0 Å². The molecule has 3 heteroatoms. The maximum absolute atomic E-state index is 9.28. The van der Waals surface area contributed by atoms with Crippen molar-refractivity contribution in [3.63, 3.8) is 0 Å². The summed E-state index contributed by atoms with van der Waals surface area (Å²) in [7, 11) is 0. The quantitative estimate of drug-likeness (QED) is 0.832. The highest BCUT2D eigenvalue weighted by molar-refractivity contribution is 5.27. The van der Waals surface area contributed by atoms with E-state index < -0.39 is 0 Å². The minimum absolute atomic E-state index is 0.226. The molecule has 3 nitrogen and oxygen atoms in total. The van der Waals surface area contributed by atoms with Crippen molar-refractivity contribution in [2.75, 3.05) is 26.2 Å². The Kier molecular flexibility index (Phi) is 6.34. The van der Waals surface area contributed by atoms with Crippen LogP contribution in [-0.2, 0) is 6.42 Å². The van der Waals surface area contributed by atoms with Crippen LogP contribution in [0.1, 0.15) is 38.2 Å². The number of ether oxygens (including phenoxy) is 1. The minimum atomic E-state index is -0.226. The van der Waals surface area contributed by atoms with Gasteiger partial charge in [-0.25, -0.2) is 0 Å². The molecule has 0 radical (unpaired) electrons. The zero-order chi connectivity index (χ0) is 14.2. The van der Waals surface area contributed by atoms with Gasteiger partial charge >= 0.3 is 0 Å². The molecule has 1 aliphatic rings. The van der Waals surface area contributed by atoms with Gasteiger partial charge in [-0.2, -0.15) is 0 Å². The fraction of sp³-hybridized carbons (Fsp3) is 0.647. The number of hydrogen-bond donors (Lipinski definition) is 1. The summed E-state index contributed by atoms with van der Waals surface area (Å²) in [4.78, 5) is 2.49. The first-order valence-corrected chi connectivity index (χ1v) is 7.86. The number of aliphatic hydroxyl groups excluding tert-OH is 1. The first-order valence-electron chi connectivity index (χ1n) is 7.86. The second-order valence-electron chi connectivity index (χ2n) is 5.78. The molecule has 1 aromatic carbocycles. The van der Waals surface area contributed by atoms with Crippen molar-refractivity contribution in [1.82, 2.24) is 4.90 Å². The van der Waals surface area contributed by atoms with Gasteiger partial charge in [-0.1, -0.05) is 18.6 Å². The largest absolute Gasteiger partial charge is 0.492 e. The van der Waals surface area contributed by atoms with Gasteiger partial charge in [-0.15, -0.1) is 0 Å². The number of benzene rings is 1. The van der Waals surface area contributed by atoms with E-state index in [1.807, 2.05) is 19.1 Å². The Hall–Kier alpha value is -1.06. The summed E-state index contributed by atoms with van der Waals surface area (Å²) in [6.07, 6.45) is 5.55. The molecule has 1 heterocycles. The van der Waals surface area contributed by atoms with E-state index in [-0.39, 0.29) is 6.10 Å². The number of rotatable bonds is 7. The average molecular weight is 277 g/mol. The van der Waals surface area contributed by atoms with Crippen LogP contribution >= 0.6 is 0 Å². The lowest BCUT2D eigenvalue weighted by Crippen LogP contribution is -2.33. The molecule has 1 N–H and O–H groups in total. The topological polar surface area (TPSA) is 32.7 Å². The predicted octanol–water partition coefficient (Wildman–Crippen LogP) is 2.86. The maximum Gasteiger partial charge on any atom is 0.119 e. The normalized spacial score (nSPS) is 17.9. The number of likely N-dealkylation sites (tertiary alicyclic amines) is 1. The zero-order valence-electron chi connectivity index (χ0n) is 12.6. The fourth-order valence-electron chi connectivity index (χ4n) is 2.60. The molecule has 2 rings (SSSR count). The smallest absolute Gasteiger partial charge is 0.119 e. The van der Waals surface area contributed by atoms with Crippen molar-refractivity contribution in [2.24, 2.45) is 0 Å². The van der Waals surface area contributed by atoms with Crippen molar-refractivity contribution in [2.45, 2.75) is 45.1 Å². The van der Waals surface area contributed by atoms with Gasteiger partial charge in [0.15, 0.2) is 0 Å². The van der Waals surface area contributed by atoms with Gasteiger partial charge in [-0.05, 0) is 63.4 Å². The van der Waals surface area contributed by atoms with Gasteiger partial charge in [0.05, 0.1) is 6.10 Å². The molecule has 20 heavy (non-hydrogen) atoms. The molecule has 0 spiro atoms. The van der Waals surface area contributed by atoms with E-state index in [2.05, 4.69) is 17.0 Å². The first-order chi connectivity index (χ1) is 9.74. The lowest BCUT2D eigenvalue weighted by atomic mass is 10.1. The molecule has 0 aliphatic carbocycles. The van der Waals surface area contributed by atoms with Crippen LogP contribution < -0.4 is 4.74 Å². The van der Waals surface area contributed by atoms with Crippen molar-refractivity contribution >= 4 is 0 Å². The summed E-state index contributed by atoms with van der Waals surface area (Å²) >= 11 is 0. The zero-order valence-corrected chi connectivity index (χ0v) is 12.6. The Balaban J connectivity index is 1.67. The summed E-state index contributed by atoms with van der Waals surface area (Å²) in [6, 6.07) is 8.26. The maximum atomic E-state index is 9.28. The van der Waals surface area contributed by atoms with Gasteiger partial charge in [0, 0.05) is 6.54 Å². The monoisotopic (exact) mass is 277 g/mol. The molecule has 112 valence electrons. The van der Waals surface area contributed by atoms with Gasteiger partial charge in [0.25, 0.3) is 0 Å². The molecule has 1 saturated heterocycles. The van der Waals surface area contributed by atoms with Crippen molar-refractivity contribution < 1.29 is 9.84 Å². The Morgan fingerprint density at radius 3 is 2.50 bits per heavy atom. The summed E-state index contributed by atoms with van der Waals surface area (Å²) in [5, 5.41) is 9.28. The van der Waals surface area contributed by atoms with Crippen LogP contribution in [0.2, 0.25) is 0 Å². The van der Waals surface area contributed by atoms with Gasteiger partial charge in [0.2, 0.25) is 0 Å². The van der Waals surface area contributed by atoms with Gasteiger partial charge in [0.1, 0.15) is 12.4 Å². The van der Waals surface area contributed by atoms with E-state index in [0.717, 1.165) is 31.7 Å². The van der Waals surface area contributed by atoms with Crippen molar-refractivity contribution in [3.05, 3.63) is 29.8 Å². The molecule has 0 aromatic heterocycles. The molecule has 0 bridgehead atoms. The van der Waals surface area contributed by atoms with E-state index >= 15 is 0 Å². The molecule has 1 unspecified atom stereocenters. The summed E-state index contributed by atoms with van der Waals surface area (Å²) in [5.41, 5.74) is 1.26. The lowest BCUT2D eigenvalue weighted by molar-refractivity contribution is 0.183. The Morgan fingerprint density at radius 1 is 1.15 bits per heavy atom. The SMILES string of the molecule is CC(O)CCc1ccc(OCCN2CCCCC2)cc1. The molecule has 0 amide bonds. The molecule has 1 atom stereocenters. The lowest BCUT2D eigenvalue weighted by Gasteiger charge is -2.26. The van der Waals surface area contributed by atoms with Crippen LogP contribution in [0.15, 0.2) is 24.3 Å². The molecule has 0 saturated carbocycles. The third kappa shape index (κ3) is 5.51. The number of piperidine rings is 1. The van der Waals surface area contributed by atoms with Crippen LogP contribution in [-0.4, -0.2) is 42.4 Å². The average Bonchev–Trinajstić information content (AvgIpc) is 2.47. The van der Waals surface area contributed by atoms with E-state index in [4.69, 9.17) is 4.74 Å². The standard InChI is InChI=1S/C17H27NO2/c1-15(19)5-6-16-7-9-17(10-8-16)20-14-13-18-11-3-2-4-12-18/h7-10,15,19H,2-6,11-14H2,1H3. The van der Waals surface area contributed by atoms with Gasteiger partial charge < -0.3 is 9.84 Å². The summed E-state index contributed by atoms with van der Waals surface area (Å²) in [6.45, 7) is 6.08. The van der Waals surface area contributed by atoms with Crippen LogP contribution in [0.5, 0.6) is 5.75 Å². The number of aliphatic hydroxyl groups is 1. The van der Waals surface area contributed by atoms with E-state index in [1.54, 1.807) is 0 Å². The molecular weight excluding hydrogens is 250 g/mol. The van der Waals surface area contributed by atoms with E-state index in [1.165, 1.54) is 37.9 Å². The van der Waals surface area contributed by atoms with Crippen LogP contribution in [0.25, 0.3) is 0 Å². The third-order valence-electron chi connectivity index (χ3n) is 3.90. The second-order valence-corrected chi connectivity index (χ2v) is 5.78. The Morgan fingerprint density at radius 2 is 1.85 bits per heavy atom. The van der Waals surface area contributed by atoms with Gasteiger partial charge in [-0.3, -0.25) is 4.90 Å². The van der Waals surface area contributed by atoms with Crippen molar-refractivity contribution in [1.29, 1.82) is 0 Å². The minimum Gasteiger partial charge on any atom is -0.492 e. The van der Waals surface area contributed by atoms with Crippen LogP contribution in [0, 0.1) is 0 Å². The molecule has 1 aliphatic heterocycles.